The molecule has 5 rings (SSSR count). The van der Waals surface area contributed by atoms with Crippen molar-refractivity contribution in [2.24, 2.45) is 0 Å². The van der Waals surface area contributed by atoms with Crippen molar-refractivity contribution >= 4 is 28.1 Å². The molecule has 7 nitrogen and oxygen atoms in total. The maximum absolute atomic E-state index is 14.2. The fourth-order valence-corrected chi connectivity index (χ4v) is 4.05. The third-order valence-corrected chi connectivity index (χ3v) is 5.53. The van der Waals surface area contributed by atoms with Gasteiger partial charge in [0, 0.05) is 49.3 Å². The van der Waals surface area contributed by atoms with E-state index in [2.05, 4.69) is 20.7 Å². The molecule has 0 saturated carbocycles. The summed E-state index contributed by atoms with van der Waals surface area (Å²) >= 11 is 0. The zero-order valence-electron chi connectivity index (χ0n) is 16.0. The van der Waals surface area contributed by atoms with Gasteiger partial charge in [0.15, 0.2) is 11.5 Å². The lowest BCUT2D eigenvalue weighted by atomic mass is 9.93. The number of aromatic nitrogens is 4. The van der Waals surface area contributed by atoms with Gasteiger partial charge in [0.1, 0.15) is 5.52 Å². The number of aryl methyl sites for hydroxylation is 1. The number of imidazole rings is 1. The van der Waals surface area contributed by atoms with Crippen LogP contribution in [0.25, 0.3) is 16.6 Å². The zero-order chi connectivity index (χ0) is 20.0. The number of nitrogens with one attached hydrogen (secondary N) is 2. The van der Waals surface area contributed by atoms with E-state index >= 15 is 0 Å². The SMILES string of the molecule is CCn1cc2c(C3CCNC3)ccc(C(=O)Nc3cc(F)c4nccn4c3)c2n1. The summed E-state index contributed by atoms with van der Waals surface area (Å²) in [7, 11) is 0. The molecule has 0 radical (unpaired) electrons. The van der Waals surface area contributed by atoms with Crippen LogP contribution in [0.4, 0.5) is 10.1 Å². The topological polar surface area (TPSA) is 76.2 Å². The van der Waals surface area contributed by atoms with Gasteiger partial charge in [-0.3, -0.25) is 9.48 Å². The first-order valence-corrected chi connectivity index (χ1v) is 9.78. The summed E-state index contributed by atoms with van der Waals surface area (Å²) in [6, 6.07) is 5.13. The number of nitrogens with zero attached hydrogens (tertiary/aromatic N) is 4. The van der Waals surface area contributed by atoms with Crippen molar-refractivity contribution in [1.29, 1.82) is 0 Å². The molecule has 1 aliphatic heterocycles. The first kappa shape index (κ1) is 17.8. The monoisotopic (exact) mass is 392 g/mol. The van der Waals surface area contributed by atoms with E-state index in [1.807, 2.05) is 29.9 Å². The molecule has 1 saturated heterocycles. The maximum Gasteiger partial charge on any atom is 0.257 e. The van der Waals surface area contributed by atoms with E-state index in [1.54, 1.807) is 16.8 Å². The molecule has 1 atom stereocenters. The summed E-state index contributed by atoms with van der Waals surface area (Å²) in [5.41, 5.74) is 2.96. The number of pyridine rings is 1. The molecule has 148 valence electrons. The third kappa shape index (κ3) is 3.05. The number of hydrogen-bond donors (Lipinski definition) is 2. The molecule has 0 aliphatic carbocycles. The minimum Gasteiger partial charge on any atom is -0.320 e. The van der Waals surface area contributed by atoms with Gasteiger partial charge < -0.3 is 15.0 Å². The lowest BCUT2D eigenvalue weighted by Crippen LogP contribution is -2.14. The van der Waals surface area contributed by atoms with Gasteiger partial charge in [-0.2, -0.15) is 5.10 Å². The molecule has 3 aromatic heterocycles. The van der Waals surface area contributed by atoms with Crippen LogP contribution in [-0.2, 0) is 6.54 Å². The maximum atomic E-state index is 14.2. The van der Waals surface area contributed by atoms with Gasteiger partial charge in [-0.25, -0.2) is 9.37 Å². The highest BCUT2D eigenvalue weighted by Crippen LogP contribution is 2.31. The number of amides is 1. The van der Waals surface area contributed by atoms with E-state index in [0.29, 0.717) is 22.7 Å². The lowest BCUT2D eigenvalue weighted by Gasteiger charge is -2.12. The van der Waals surface area contributed by atoms with Crippen molar-refractivity contribution in [2.75, 3.05) is 18.4 Å². The van der Waals surface area contributed by atoms with Gasteiger partial charge in [0.05, 0.1) is 11.3 Å². The Kier molecular flexibility index (Phi) is 4.28. The molecule has 29 heavy (non-hydrogen) atoms. The van der Waals surface area contributed by atoms with E-state index < -0.39 is 5.82 Å². The van der Waals surface area contributed by atoms with Gasteiger partial charge in [-0.05, 0) is 37.4 Å². The average Bonchev–Trinajstić information content (AvgIpc) is 3.46. The number of rotatable bonds is 4. The van der Waals surface area contributed by atoms with Gasteiger partial charge in [-0.1, -0.05) is 6.07 Å². The van der Waals surface area contributed by atoms with Crippen molar-refractivity contribution in [3.05, 3.63) is 59.9 Å². The van der Waals surface area contributed by atoms with E-state index in [4.69, 9.17) is 0 Å². The van der Waals surface area contributed by atoms with E-state index in [-0.39, 0.29) is 11.6 Å². The summed E-state index contributed by atoms with van der Waals surface area (Å²) in [5.74, 6) is -0.384. The number of carbonyl (C=O) groups excluding carboxylic acids is 1. The first-order chi connectivity index (χ1) is 14.1. The number of hydrogen-bond acceptors (Lipinski definition) is 4. The van der Waals surface area contributed by atoms with Crippen LogP contribution in [0.1, 0.15) is 35.2 Å². The molecule has 1 unspecified atom stereocenters. The predicted octanol–water partition coefficient (Wildman–Crippen LogP) is 3.17. The van der Waals surface area contributed by atoms with Crippen molar-refractivity contribution < 1.29 is 9.18 Å². The Morgan fingerprint density at radius 1 is 1.38 bits per heavy atom. The highest BCUT2D eigenvalue weighted by molar-refractivity contribution is 6.12. The van der Waals surface area contributed by atoms with Crippen LogP contribution < -0.4 is 10.6 Å². The Morgan fingerprint density at radius 3 is 3.07 bits per heavy atom. The first-order valence-electron chi connectivity index (χ1n) is 9.78. The second kappa shape index (κ2) is 6.97. The number of fused-ring (bicyclic) bond motifs is 2. The molecule has 4 aromatic rings. The molecular formula is C21H21FN6O. The molecule has 0 spiro atoms. The fraction of sp³-hybridized carbons (Fsp3) is 0.286. The van der Waals surface area contributed by atoms with Gasteiger partial charge in [-0.15, -0.1) is 0 Å². The van der Waals surface area contributed by atoms with Crippen molar-refractivity contribution in [3.63, 3.8) is 0 Å². The number of halogens is 1. The summed E-state index contributed by atoms with van der Waals surface area (Å²) in [4.78, 5) is 17.0. The lowest BCUT2D eigenvalue weighted by molar-refractivity contribution is 0.102. The van der Waals surface area contributed by atoms with Crippen LogP contribution in [-0.4, -0.2) is 38.2 Å². The Hall–Kier alpha value is -3.26. The van der Waals surface area contributed by atoms with Crippen molar-refractivity contribution in [3.8, 4) is 0 Å². The largest absolute Gasteiger partial charge is 0.320 e. The van der Waals surface area contributed by atoms with Crippen molar-refractivity contribution in [2.45, 2.75) is 25.8 Å². The van der Waals surface area contributed by atoms with Crippen LogP contribution >= 0.6 is 0 Å². The number of carbonyl (C=O) groups is 1. The van der Waals surface area contributed by atoms with Crippen molar-refractivity contribution in [1.82, 2.24) is 24.5 Å². The molecule has 8 heteroatoms. The molecule has 2 N–H and O–H groups in total. The normalized spacial score (nSPS) is 16.7. The summed E-state index contributed by atoms with van der Waals surface area (Å²) in [6.07, 6.45) is 7.88. The summed E-state index contributed by atoms with van der Waals surface area (Å²) in [5, 5.41) is 11.8. The van der Waals surface area contributed by atoms with E-state index in [1.165, 1.54) is 17.8 Å². The summed E-state index contributed by atoms with van der Waals surface area (Å²) < 4.78 is 17.6. The molecule has 1 amide bonds. The van der Waals surface area contributed by atoms with Crippen LogP contribution in [0.5, 0.6) is 0 Å². The minimum atomic E-state index is -0.489. The molecule has 4 heterocycles. The average molecular weight is 392 g/mol. The second-order valence-electron chi connectivity index (χ2n) is 7.33. The Balaban J connectivity index is 1.54. The zero-order valence-corrected chi connectivity index (χ0v) is 16.0. The second-order valence-corrected chi connectivity index (χ2v) is 7.33. The third-order valence-electron chi connectivity index (χ3n) is 5.53. The molecule has 1 aliphatic rings. The Labute approximate surface area is 166 Å². The van der Waals surface area contributed by atoms with Crippen LogP contribution in [0.15, 0.2) is 43.0 Å². The van der Waals surface area contributed by atoms with Crippen LogP contribution in [0.3, 0.4) is 0 Å². The smallest absolute Gasteiger partial charge is 0.257 e. The highest BCUT2D eigenvalue weighted by atomic mass is 19.1. The highest BCUT2D eigenvalue weighted by Gasteiger charge is 2.23. The van der Waals surface area contributed by atoms with Crippen LogP contribution in [0, 0.1) is 5.82 Å². The van der Waals surface area contributed by atoms with E-state index in [0.717, 1.165) is 31.4 Å². The molecule has 1 fully saturated rings. The fourth-order valence-electron chi connectivity index (χ4n) is 4.05. The Bertz CT molecular complexity index is 1220. The molecule has 1 aromatic carbocycles. The number of benzene rings is 1. The molecular weight excluding hydrogens is 371 g/mol. The minimum absolute atomic E-state index is 0.224. The Morgan fingerprint density at radius 2 is 2.28 bits per heavy atom. The van der Waals surface area contributed by atoms with Crippen LogP contribution in [0.2, 0.25) is 0 Å². The van der Waals surface area contributed by atoms with Gasteiger partial charge in [0.2, 0.25) is 0 Å². The van der Waals surface area contributed by atoms with E-state index in [9.17, 15) is 9.18 Å². The standard InChI is InChI=1S/C21H21FN6O/c1-2-28-12-17-15(13-5-6-23-10-13)3-4-16(19(17)26-28)21(29)25-14-9-18(22)20-24-7-8-27(20)11-14/h3-4,7-9,11-13,23H,2,5-6,10H2,1H3,(H,25,29). The van der Waals surface area contributed by atoms with Gasteiger partial charge >= 0.3 is 0 Å². The quantitative estimate of drug-likeness (QED) is 0.559. The molecule has 0 bridgehead atoms. The van der Waals surface area contributed by atoms with Gasteiger partial charge in [0.25, 0.3) is 5.91 Å². The summed E-state index contributed by atoms with van der Waals surface area (Å²) in [6.45, 7) is 4.67. The number of anilines is 1. The predicted molar refractivity (Wildman–Crippen MR) is 109 cm³/mol.